The van der Waals surface area contributed by atoms with Crippen LogP contribution < -0.4 is 10.7 Å². The predicted octanol–water partition coefficient (Wildman–Crippen LogP) is 5.57. The number of phosphoric ester groups is 1. The first-order chi connectivity index (χ1) is 19.7. The van der Waals surface area contributed by atoms with E-state index in [9.17, 15) is 22.9 Å². The maximum atomic E-state index is 14.2. The Morgan fingerprint density at radius 2 is 1.78 bits per heavy atom. The molecule has 0 unspecified atom stereocenters. The maximum Gasteiger partial charge on any atom is 0.474 e. The van der Waals surface area contributed by atoms with E-state index in [4.69, 9.17) is 18.3 Å². The van der Waals surface area contributed by atoms with Crippen LogP contribution in [-0.2, 0) is 34.2 Å². The molecule has 41 heavy (non-hydrogen) atoms. The summed E-state index contributed by atoms with van der Waals surface area (Å²) in [5, 5.41) is 5.56. The number of aromatic nitrogens is 1. The first-order valence-corrected chi connectivity index (χ1v) is 14.2. The molecule has 1 heterocycles. The van der Waals surface area contributed by atoms with Gasteiger partial charge in [0.25, 0.3) is 0 Å². The lowest BCUT2D eigenvalue weighted by atomic mass is 10.1. The molecule has 3 rings (SSSR count). The fourth-order valence-electron chi connectivity index (χ4n) is 3.94. The number of carbonyl (C=O) groups is 2. The van der Waals surface area contributed by atoms with Crippen LogP contribution in [0.1, 0.15) is 31.7 Å². The zero-order chi connectivity index (χ0) is 29.8. The molecule has 0 bridgehead atoms. The van der Waals surface area contributed by atoms with Gasteiger partial charge in [0.1, 0.15) is 12.4 Å². The van der Waals surface area contributed by atoms with Crippen LogP contribution in [-0.4, -0.2) is 55.5 Å². The molecule has 222 valence electrons. The average molecular weight is 595 g/mol. The number of benzene rings is 2. The molecule has 0 saturated carbocycles. The number of unbranched alkanes of at least 4 members (excludes halogenated alkanes) is 1. The molecule has 1 atom stereocenters. The second-order valence-electron chi connectivity index (χ2n) is 8.87. The molecule has 0 saturated heterocycles. The number of ether oxygens (including phenoxy) is 1. The number of carbonyl (C=O) groups excluding carboxylic acids is 2. The summed E-state index contributed by atoms with van der Waals surface area (Å²) in [5.74, 6) is -2.20. The molecular formula is C27H33F2N4O7P. The fourth-order valence-corrected chi connectivity index (χ4v) is 4.66. The Kier molecular flexibility index (Phi) is 12.1. The van der Waals surface area contributed by atoms with Gasteiger partial charge in [-0.2, -0.15) is 0 Å². The number of amides is 2. The standard InChI is InChI=1S/C27H33F2N4O7P/c1-19(34)33(31-17-22-11-8-13-24(28)26(22)29)23(12-6-7-14-40-41(36,37-2)38-3)18-39-27(35)32-25-15-20-9-4-5-10-21(20)16-30-25/h4-5,8-11,13,15-16,23,31H,6-7,12,14,17-18H2,1-3H3,(H,30,32,35)/t23-/m1/s1. The van der Waals surface area contributed by atoms with Crippen molar-refractivity contribution in [1.29, 1.82) is 0 Å². The van der Waals surface area contributed by atoms with E-state index in [-0.39, 0.29) is 31.1 Å². The van der Waals surface area contributed by atoms with Crippen molar-refractivity contribution in [3.8, 4) is 0 Å². The molecule has 0 spiro atoms. The average Bonchev–Trinajstić information content (AvgIpc) is 2.97. The number of hydrogen-bond acceptors (Lipinski definition) is 9. The molecular weight excluding hydrogens is 561 g/mol. The molecule has 2 amide bonds. The molecule has 0 aliphatic rings. The number of fused-ring (bicyclic) bond motifs is 1. The highest BCUT2D eigenvalue weighted by molar-refractivity contribution is 7.48. The topological polar surface area (TPSA) is 128 Å². The number of phosphoric acid groups is 1. The third kappa shape index (κ3) is 9.55. The summed E-state index contributed by atoms with van der Waals surface area (Å²) >= 11 is 0. The van der Waals surface area contributed by atoms with Crippen LogP contribution in [0, 0.1) is 11.6 Å². The molecule has 2 aromatic carbocycles. The van der Waals surface area contributed by atoms with Crippen LogP contribution in [0.15, 0.2) is 54.7 Å². The van der Waals surface area contributed by atoms with Crippen LogP contribution in [0.3, 0.4) is 0 Å². The monoisotopic (exact) mass is 594 g/mol. The number of nitrogens with zero attached hydrogens (tertiary/aromatic N) is 2. The molecule has 0 aliphatic carbocycles. The van der Waals surface area contributed by atoms with Gasteiger partial charge in [0.05, 0.1) is 12.6 Å². The van der Waals surface area contributed by atoms with Crippen LogP contribution in [0.5, 0.6) is 0 Å². The zero-order valence-corrected chi connectivity index (χ0v) is 23.9. The zero-order valence-electron chi connectivity index (χ0n) is 23.0. The van der Waals surface area contributed by atoms with Crippen molar-refractivity contribution >= 4 is 36.4 Å². The Morgan fingerprint density at radius 1 is 1.05 bits per heavy atom. The van der Waals surface area contributed by atoms with Gasteiger partial charge < -0.3 is 4.74 Å². The smallest absolute Gasteiger partial charge is 0.447 e. The Labute approximate surface area is 236 Å². The van der Waals surface area contributed by atoms with Gasteiger partial charge in [-0.25, -0.2) is 28.6 Å². The van der Waals surface area contributed by atoms with Gasteiger partial charge in [-0.3, -0.25) is 28.7 Å². The van der Waals surface area contributed by atoms with E-state index in [0.717, 1.165) is 16.8 Å². The van der Waals surface area contributed by atoms with E-state index in [1.807, 2.05) is 24.3 Å². The lowest BCUT2D eigenvalue weighted by molar-refractivity contribution is -0.136. The van der Waals surface area contributed by atoms with E-state index in [2.05, 4.69) is 15.7 Å². The summed E-state index contributed by atoms with van der Waals surface area (Å²) < 4.78 is 60.0. The number of pyridine rings is 1. The molecule has 1 aromatic heterocycles. The summed E-state index contributed by atoms with van der Waals surface area (Å²) in [5.41, 5.74) is 2.83. The van der Waals surface area contributed by atoms with E-state index in [1.165, 1.54) is 38.3 Å². The number of anilines is 1. The number of rotatable bonds is 15. The van der Waals surface area contributed by atoms with Crippen molar-refractivity contribution in [3.63, 3.8) is 0 Å². The summed E-state index contributed by atoms with van der Waals surface area (Å²) in [6.07, 6.45) is 2.00. The quantitative estimate of drug-likeness (QED) is 0.132. The minimum absolute atomic E-state index is 0.0133. The highest BCUT2D eigenvalue weighted by Crippen LogP contribution is 2.47. The van der Waals surface area contributed by atoms with Gasteiger partial charge in [0.2, 0.25) is 5.91 Å². The van der Waals surface area contributed by atoms with Gasteiger partial charge >= 0.3 is 13.9 Å². The van der Waals surface area contributed by atoms with Crippen molar-refractivity contribution in [2.24, 2.45) is 0 Å². The van der Waals surface area contributed by atoms with Gasteiger partial charge in [-0.05, 0) is 36.8 Å². The normalized spacial score (nSPS) is 12.2. The third-order valence-electron chi connectivity index (χ3n) is 6.07. The van der Waals surface area contributed by atoms with Crippen LogP contribution in [0.4, 0.5) is 19.4 Å². The summed E-state index contributed by atoms with van der Waals surface area (Å²) in [6.45, 7) is 0.911. The second-order valence-corrected chi connectivity index (χ2v) is 10.8. The molecule has 0 radical (unpaired) electrons. The van der Waals surface area contributed by atoms with E-state index >= 15 is 0 Å². The molecule has 0 fully saturated rings. The second kappa shape index (κ2) is 15.5. The minimum atomic E-state index is -3.63. The predicted molar refractivity (Wildman–Crippen MR) is 148 cm³/mol. The summed E-state index contributed by atoms with van der Waals surface area (Å²) in [7, 11) is -1.23. The van der Waals surface area contributed by atoms with Crippen molar-refractivity contribution in [2.75, 3.05) is 32.8 Å². The molecule has 11 nitrogen and oxygen atoms in total. The lowest BCUT2D eigenvalue weighted by Crippen LogP contribution is -2.50. The lowest BCUT2D eigenvalue weighted by Gasteiger charge is -2.31. The Balaban J connectivity index is 1.65. The highest BCUT2D eigenvalue weighted by Gasteiger charge is 2.25. The fraction of sp³-hybridized carbons (Fsp3) is 0.370. The molecule has 3 aromatic rings. The number of hydrogen-bond donors (Lipinski definition) is 2. The van der Waals surface area contributed by atoms with E-state index in [1.54, 1.807) is 12.3 Å². The van der Waals surface area contributed by atoms with E-state index in [0.29, 0.717) is 19.3 Å². The summed E-state index contributed by atoms with van der Waals surface area (Å²) in [4.78, 5) is 29.4. The molecule has 14 heteroatoms. The van der Waals surface area contributed by atoms with Crippen LogP contribution in [0.25, 0.3) is 10.8 Å². The van der Waals surface area contributed by atoms with Crippen LogP contribution in [0.2, 0.25) is 0 Å². The maximum absolute atomic E-state index is 14.2. The third-order valence-corrected chi connectivity index (χ3v) is 7.47. The number of halogens is 2. The molecule has 2 N–H and O–H groups in total. The van der Waals surface area contributed by atoms with Gasteiger partial charge in [0, 0.05) is 44.8 Å². The SMILES string of the molecule is COP(=O)(OC)OCCCC[C@H](COC(=O)Nc1cc2ccccc2cn1)N(NCc1cccc(F)c1F)C(C)=O. The number of nitrogens with one attached hydrogen (secondary N) is 2. The van der Waals surface area contributed by atoms with Crippen LogP contribution >= 0.6 is 7.82 Å². The Bertz CT molecular complexity index is 1370. The van der Waals surface area contributed by atoms with Gasteiger partial charge in [0.15, 0.2) is 11.6 Å². The van der Waals surface area contributed by atoms with E-state index < -0.39 is 37.5 Å². The number of hydrazine groups is 1. The van der Waals surface area contributed by atoms with Crippen molar-refractivity contribution in [3.05, 3.63) is 71.9 Å². The van der Waals surface area contributed by atoms with Crippen molar-refractivity contribution in [1.82, 2.24) is 15.4 Å². The minimum Gasteiger partial charge on any atom is -0.447 e. The first-order valence-electron chi connectivity index (χ1n) is 12.8. The van der Waals surface area contributed by atoms with Crippen molar-refractivity contribution < 1.29 is 41.2 Å². The Morgan fingerprint density at radius 3 is 2.49 bits per heavy atom. The Hall–Kier alpha value is -3.48. The first kappa shape index (κ1) is 32.0. The highest BCUT2D eigenvalue weighted by atomic mass is 31.2. The molecule has 0 aliphatic heterocycles. The van der Waals surface area contributed by atoms with Gasteiger partial charge in [-0.15, -0.1) is 0 Å². The van der Waals surface area contributed by atoms with Gasteiger partial charge in [-0.1, -0.05) is 36.4 Å². The van der Waals surface area contributed by atoms with Crippen molar-refractivity contribution in [2.45, 2.75) is 38.8 Å². The largest absolute Gasteiger partial charge is 0.474 e. The summed E-state index contributed by atoms with van der Waals surface area (Å²) in [6, 6.07) is 12.3.